The summed E-state index contributed by atoms with van der Waals surface area (Å²) in [7, 11) is 1.52. The molecule has 0 bridgehead atoms. The Bertz CT molecular complexity index is 1490. The Labute approximate surface area is 224 Å². The second kappa shape index (κ2) is 10.3. The van der Waals surface area contributed by atoms with Gasteiger partial charge in [0, 0.05) is 55.6 Å². The molecule has 1 saturated carbocycles. The Balaban J connectivity index is 1.56. The molecule has 2 aliphatic carbocycles. The van der Waals surface area contributed by atoms with E-state index in [9.17, 15) is 19.2 Å². The summed E-state index contributed by atoms with van der Waals surface area (Å²) in [5.41, 5.74) is 8.30. The summed E-state index contributed by atoms with van der Waals surface area (Å²) in [6.07, 6.45) is 6.33. The van der Waals surface area contributed by atoms with Crippen molar-refractivity contribution in [2.45, 2.75) is 44.6 Å². The lowest BCUT2D eigenvalue weighted by Crippen LogP contribution is -2.32. The molecule has 5 rings (SSSR count). The van der Waals surface area contributed by atoms with Crippen LogP contribution in [-0.4, -0.2) is 40.7 Å². The number of nitrogens with zero attached hydrogens (tertiary/aromatic N) is 2. The topological polar surface area (TPSA) is 121 Å². The minimum Gasteiger partial charge on any atom is -0.385 e. The largest absolute Gasteiger partial charge is 0.385 e. The summed E-state index contributed by atoms with van der Waals surface area (Å²) < 4.78 is 6.58. The van der Waals surface area contributed by atoms with Crippen LogP contribution < -0.4 is 11.3 Å². The predicted octanol–water partition coefficient (Wildman–Crippen LogP) is 3.96. The Morgan fingerprint density at radius 3 is 2.55 bits per heavy atom. The number of carbonyl (C=O) groups is 3. The van der Waals surface area contributed by atoms with E-state index in [4.69, 9.17) is 22.1 Å². The van der Waals surface area contributed by atoms with Crippen molar-refractivity contribution in [3.05, 3.63) is 86.6 Å². The van der Waals surface area contributed by atoms with Crippen LogP contribution in [0.5, 0.6) is 0 Å². The Morgan fingerprint density at radius 1 is 1.11 bits per heavy atom. The second-order valence-electron chi connectivity index (χ2n) is 10.3. The van der Waals surface area contributed by atoms with Crippen LogP contribution in [0.25, 0.3) is 11.1 Å². The van der Waals surface area contributed by atoms with Crippen LogP contribution in [0.15, 0.2) is 53.6 Å². The molecule has 8 nitrogen and oxygen atoms in total. The predicted molar refractivity (Wildman–Crippen MR) is 142 cm³/mol. The molecular weight excluding hydrogens is 506 g/mol. The van der Waals surface area contributed by atoms with E-state index in [0.29, 0.717) is 28.1 Å². The molecule has 9 heteroatoms. The van der Waals surface area contributed by atoms with Gasteiger partial charge in [0.25, 0.3) is 11.5 Å². The number of methoxy groups -OCH3 is 1. The number of ether oxygens (including phenoxy) is 1. The third-order valence-corrected chi connectivity index (χ3v) is 7.79. The number of amides is 1. The Morgan fingerprint density at radius 2 is 1.89 bits per heavy atom. The van der Waals surface area contributed by atoms with Crippen molar-refractivity contribution in [3.8, 4) is 11.1 Å². The lowest BCUT2D eigenvalue weighted by Gasteiger charge is -2.25. The van der Waals surface area contributed by atoms with Crippen LogP contribution in [0.2, 0.25) is 5.02 Å². The average molecular weight is 534 g/mol. The fourth-order valence-electron chi connectivity index (χ4n) is 5.30. The number of rotatable bonds is 8. The van der Waals surface area contributed by atoms with Crippen molar-refractivity contribution in [2.75, 3.05) is 13.7 Å². The molecular formula is C29H28ClN3O5. The fraction of sp³-hybridized carbons (Fsp3) is 0.345. The highest BCUT2D eigenvalue weighted by Crippen LogP contribution is 2.54. The van der Waals surface area contributed by atoms with Gasteiger partial charge in [-0.25, -0.2) is 0 Å². The number of hydrogen-bond donors (Lipinski definition) is 1. The van der Waals surface area contributed by atoms with E-state index in [-0.39, 0.29) is 47.7 Å². The molecule has 1 aromatic carbocycles. The van der Waals surface area contributed by atoms with Crippen LogP contribution in [-0.2, 0) is 22.4 Å². The third-order valence-electron chi connectivity index (χ3n) is 7.56. The second-order valence-corrected chi connectivity index (χ2v) is 10.7. The number of ketones is 2. The molecule has 38 heavy (non-hydrogen) atoms. The number of halogens is 1. The molecule has 1 atom stereocenters. The molecule has 1 spiro atoms. The number of primary amides is 1. The van der Waals surface area contributed by atoms with Gasteiger partial charge in [-0.2, -0.15) is 0 Å². The van der Waals surface area contributed by atoms with Crippen LogP contribution in [0.3, 0.4) is 0 Å². The lowest BCUT2D eigenvalue weighted by molar-refractivity contribution is -0.122. The van der Waals surface area contributed by atoms with E-state index in [1.807, 2.05) is 18.2 Å². The van der Waals surface area contributed by atoms with E-state index in [1.54, 1.807) is 12.3 Å². The van der Waals surface area contributed by atoms with Gasteiger partial charge >= 0.3 is 0 Å². The molecule has 1 amide bonds. The first-order chi connectivity index (χ1) is 18.2. The van der Waals surface area contributed by atoms with Gasteiger partial charge in [-0.1, -0.05) is 23.7 Å². The monoisotopic (exact) mass is 533 g/mol. The number of hydrogen-bond acceptors (Lipinski definition) is 6. The van der Waals surface area contributed by atoms with Gasteiger partial charge in [-0.3, -0.25) is 24.2 Å². The summed E-state index contributed by atoms with van der Waals surface area (Å²) in [5.74, 6) is -0.937. The van der Waals surface area contributed by atoms with Gasteiger partial charge in [-0.05, 0) is 71.6 Å². The number of aromatic nitrogens is 2. The zero-order chi connectivity index (χ0) is 27.0. The Hall–Kier alpha value is -3.62. The van der Waals surface area contributed by atoms with E-state index < -0.39 is 11.9 Å². The molecule has 2 N–H and O–H groups in total. The van der Waals surface area contributed by atoms with E-state index >= 15 is 0 Å². The summed E-state index contributed by atoms with van der Waals surface area (Å²) in [6.45, 7) is 0.244. The average Bonchev–Trinajstić information content (AvgIpc) is 3.64. The molecule has 2 aliphatic rings. The summed E-state index contributed by atoms with van der Waals surface area (Å²) >= 11 is 6.33. The number of nitrogens with two attached hydrogens (primary N) is 1. The first-order valence-electron chi connectivity index (χ1n) is 12.5. The number of Topliss-reactive ketones (excluding diaryl/α,β-unsaturated/α-hetero) is 2. The van der Waals surface area contributed by atoms with E-state index in [0.717, 1.165) is 30.4 Å². The van der Waals surface area contributed by atoms with Crippen molar-refractivity contribution in [3.63, 3.8) is 0 Å². The number of fused-ring (bicyclic) bond motifs is 3. The number of pyridine rings is 2. The van der Waals surface area contributed by atoms with Gasteiger partial charge in [-0.15, -0.1) is 0 Å². The highest BCUT2D eigenvalue weighted by molar-refractivity contribution is 6.31. The highest BCUT2D eigenvalue weighted by Gasteiger charge is 2.46. The van der Waals surface area contributed by atoms with Crippen molar-refractivity contribution >= 4 is 29.1 Å². The van der Waals surface area contributed by atoms with Crippen molar-refractivity contribution in [1.29, 1.82) is 0 Å². The maximum atomic E-state index is 13.6. The van der Waals surface area contributed by atoms with Crippen molar-refractivity contribution in [1.82, 2.24) is 9.55 Å². The SMILES string of the molecule is COCCC(C(=O)Cc1ccc(C(N)=O)nc1)n1cc2c(cc1=O)-c1cc(Cl)ccc1CC1(CC1)CC2=O. The van der Waals surface area contributed by atoms with Crippen molar-refractivity contribution < 1.29 is 19.1 Å². The van der Waals surface area contributed by atoms with Gasteiger partial charge < -0.3 is 15.0 Å². The molecule has 2 aromatic heterocycles. The zero-order valence-electron chi connectivity index (χ0n) is 21.0. The highest BCUT2D eigenvalue weighted by atomic mass is 35.5. The van der Waals surface area contributed by atoms with Gasteiger partial charge in [0.2, 0.25) is 0 Å². The van der Waals surface area contributed by atoms with Gasteiger partial charge in [0.05, 0.1) is 6.04 Å². The quantitative estimate of drug-likeness (QED) is 0.468. The minimum atomic E-state index is -0.851. The Kier molecular flexibility index (Phi) is 7.03. The lowest BCUT2D eigenvalue weighted by atomic mass is 9.81. The summed E-state index contributed by atoms with van der Waals surface area (Å²) in [5, 5.41) is 0.529. The first-order valence-corrected chi connectivity index (χ1v) is 12.9. The maximum absolute atomic E-state index is 13.6. The van der Waals surface area contributed by atoms with Crippen LogP contribution >= 0.6 is 11.6 Å². The smallest absolute Gasteiger partial charge is 0.267 e. The fourth-order valence-corrected chi connectivity index (χ4v) is 5.47. The zero-order valence-corrected chi connectivity index (χ0v) is 21.8. The molecule has 3 aromatic rings. The summed E-state index contributed by atoms with van der Waals surface area (Å²) in [4.78, 5) is 55.8. The van der Waals surface area contributed by atoms with Crippen LogP contribution in [0.1, 0.15) is 63.7 Å². The normalized spacial score (nSPS) is 16.2. The van der Waals surface area contributed by atoms with Gasteiger partial charge in [0.1, 0.15) is 5.69 Å². The van der Waals surface area contributed by atoms with E-state index in [1.165, 1.54) is 30.0 Å². The molecule has 0 radical (unpaired) electrons. The maximum Gasteiger partial charge on any atom is 0.267 e. The van der Waals surface area contributed by atoms with E-state index in [2.05, 4.69) is 4.98 Å². The number of benzene rings is 1. The van der Waals surface area contributed by atoms with Gasteiger partial charge in [0.15, 0.2) is 11.6 Å². The molecule has 1 fully saturated rings. The summed E-state index contributed by atoms with van der Waals surface area (Å²) in [6, 6.07) is 9.29. The number of carbonyl (C=O) groups excluding carboxylic acids is 3. The molecule has 2 heterocycles. The van der Waals surface area contributed by atoms with Crippen molar-refractivity contribution in [2.24, 2.45) is 11.1 Å². The van der Waals surface area contributed by atoms with Crippen LogP contribution in [0.4, 0.5) is 0 Å². The first kappa shape index (κ1) is 26.0. The third kappa shape index (κ3) is 5.19. The molecule has 0 saturated heterocycles. The standard InChI is InChI=1S/C29H28ClN3O5/c1-38-9-6-24(25(34)10-17-2-5-23(28(31)37)32-15-17)33-16-22-21(12-27(33)36)20-11-19(30)4-3-18(20)13-29(7-8-29)14-26(22)35/h2-5,11-12,15-16,24H,6-10,13-14H2,1H3,(H2,31,37). The molecule has 196 valence electrons. The minimum absolute atomic E-state index is 0.0144. The van der Waals surface area contributed by atoms with Crippen LogP contribution in [0, 0.1) is 5.41 Å². The molecule has 1 unspecified atom stereocenters. The molecule has 0 aliphatic heterocycles.